The molecular formula is C8H7N5O2S3. The van der Waals surface area contributed by atoms with Crippen LogP contribution in [0.25, 0.3) is 0 Å². The van der Waals surface area contributed by atoms with Crippen LogP contribution in [0.3, 0.4) is 0 Å². The Balaban J connectivity index is 2.21. The fraction of sp³-hybridized carbons (Fsp3) is 0.125. The zero-order valence-corrected chi connectivity index (χ0v) is 11.5. The molecule has 0 bridgehead atoms. The van der Waals surface area contributed by atoms with Gasteiger partial charge in [-0.3, -0.25) is 0 Å². The number of thiocarbonyl (C=S) groups is 1. The van der Waals surface area contributed by atoms with Crippen LogP contribution < -0.4 is 10.5 Å². The predicted octanol–water partition coefficient (Wildman–Crippen LogP) is 1.33. The quantitative estimate of drug-likeness (QED) is 0.517. The summed E-state index contributed by atoms with van der Waals surface area (Å²) < 4.78 is 9.34. The van der Waals surface area contributed by atoms with E-state index in [1.165, 1.54) is 18.4 Å². The van der Waals surface area contributed by atoms with Gasteiger partial charge in [0.15, 0.2) is 5.13 Å². The van der Waals surface area contributed by atoms with Crippen molar-refractivity contribution < 1.29 is 9.57 Å². The summed E-state index contributed by atoms with van der Waals surface area (Å²) in [5, 5.41) is 6.30. The first kappa shape index (κ1) is 12.8. The van der Waals surface area contributed by atoms with Gasteiger partial charge in [0.05, 0.1) is 0 Å². The molecule has 94 valence electrons. The number of ether oxygens (including phenoxy) is 1. The van der Waals surface area contributed by atoms with Crippen LogP contribution >= 0.6 is 35.1 Å². The van der Waals surface area contributed by atoms with Crippen molar-refractivity contribution in [3.8, 4) is 5.19 Å². The Hall–Kier alpha value is -1.65. The van der Waals surface area contributed by atoms with Crippen molar-refractivity contribution in [3.05, 3.63) is 17.4 Å². The lowest BCUT2D eigenvalue weighted by Gasteiger charge is -2.03. The van der Waals surface area contributed by atoms with E-state index >= 15 is 0 Å². The molecule has 2 heterocycles. The van der Waals surface area contributed by atoms with E-state index in [9.17, 15) is 0 Å². The van der Waals surface area contributed by atoms with Crippen molar-refractivity contribution in [2.45, 2.75) is 0 Å². The second kappa shape index (κ2) is 5.80. The van der Waals surface area contributed by atoms with Crippen molar-refractivity contribution in [2.75, 3.05) is 12.8 Å². The molecule has 0 radical (unpaired) electrons. The molecule has 0 saturated carbocycles. The molecule has 0 spiro atoms. The number of thiazole rings is 1. The molecule has 2 N–H and O–H groups in total. The van der Waals surface area contributed by atoms with Gasteiger partial charge in [0.25, 0.3) is 5.19 Å². The summed E-state index contributed by atoms with van der Waals surface area (Å²) in [6, 6.07) is 0. The van der Waals surface area contributed by atoms with Gasteiger partial charge in [0.2, 0.25) is 16.6 Å². The Labute approximate surface area is 115 Å². The standard InChI is InChI=1S/C8H7N5O2S3/c1-14-12-4(5-11-7(9)18-13-5)6(16)15-8-10-2-3-17-8/h2-3H,1H3,(H2,9,11,13). The average Bonchev–Trinajstić information content (AvgIpc) is 2.97. The van der Waals surface area contributed by atoms with Crippen molar-refractivity contribution in [3.63, 3.8) is 0 Å². The summed E-state index contributed by atoms with van der Waals surface area (Å²) in [5.41, 5.74) is 5.71. The third kappa shape index (κ3) is 2.97. The Kier molecular flexibility index (Phi) is 4.12. The zero-order chi connectivity index (χ0) is 13.0. The maximum Gasteiger partial charge on any atom is 0.279 e. The van der Waals surface area contributed by atoms with Crippen LogP contribution in [-0.4, -0.2) is 32.2 Å². The number of anilines is 1. The van der Waals surface area contributed by atoms with Crippen LogP contribution in [0.15, 0.2) is 16.7 Å². The number of nitrogen functional groups attached to an aromatic ring is 1. The van der Waals surface area contributed by atoms with E-state index in [0.29, 0.717) is 10.3 Å². The maximum atomic E-state index is 5.50. The second-order valence-electron chi connectivity index (χ2n) is 2.77. The average molecular weight is 301 g/mol. The number of nitrogens with zero attached hydrogens (tertiary/aromatic N) is 4. The molecule has 0 unspecified atom stereocenters. The second-order valence-corrected chi connectivity index (χ2v) is 4.78. The minimum Gasteiger partial charge on any atom is -0.416 e. The van der Waals surface area contributed by atoms with E-state index in [1.54, 1.807) is 11.6 Å². The maximum absolute atomic E-state index is 5.50. The molecule has 2 rings (SSSR count). The molecule has 2 aromatic rings. The molecule has 0 aliphatic heterocycles. The Bertz CT molecular complexity index is 565. The normalized spacial score (nSPS) is 11.3. The summed E-state index contributed by atoms with van der Waals surface area (Å²) in [6.07, 6.45) is 1.61. The smallest absolute Gasteiger partial charge is 0.279 e. The third-order valence-corrected chi connectivity index (χ3v) is 3.09. The van der Waals surface area contributed by atoms with Gasteiger partial charge in [-0.2, -0.15) is 9.36 Å². The summed E-state index contributed by atoms with van der Waals surface area (Å²) >= 11 is 7.44. The first-order valence-electron chi connectivity index (χ1n) is 4.53. The monoisotopic (exact) mass is 301 g/mol. The molecule has 0 aromatic carbocycles. The number of hydrogen-bond donors (Lipinski definition) is 1. The van der Waals surface area contributed by atoms with Crippen LogP contribution in [0, 0.1) is 0 Å². The summed E-state index contributed by atoms with van der Waals surface area (Å²) in [4.78, 5) is 12.6. The van der Waals surface area contributed by atoms with E-state index in [1.807, 2.05) is 0 Å². The van der Waals surface area contributed by atoms with Crippen molar-refractivity contribution in [2.24, 2.45) is 5.16 Å². The Morgan fingerprint density at radius 2 is 2.39 bits per heavy atom. The molecule has 18 heavy (non-hydrogen) atoms. The minimum absolute atomic E-state index is 0.0737. The van der Waals surface area contributed by atoms with E-state index in [0.717, 1.165) is 11.5 Å². The predicted molar refractivity (Wildman–Crippen MR) is 73.2 cm³/mol. The Morgan fingerprint density at radius 1 is 1.56 bits per heavy atom. The summed E-state index contributed by atoms with van der Waals surface area (Å²) in [5.74, 6) is 0.265. The molecule has 0 fully saturated rings. The largest absolute Gasteiger partial charge is 0.416 e. The fourth-order valence-corrected chi connectivity index (χ4v) is 2.17. The zero-order valence-electron chi connectivity index (χ0n) is 9.06. The van der Waals surface area contributed by atoms with Gasteiger partial charge >= 0.3 is 0 Å². The van der Waals surface area contributed by atoms with Crippen LogP contribution in [0.1, 0.15) is 5.82 Å². The summed E-state index contributed by atoms with van der Waals surface area (Å²) in [6.45, 7) is 0. The van der Waals surface area contributed by atoms with Crippen LogP contribution in [0.2, 0.25) is 0 Å². The van der Waals surface area contributed by atoms with Gasteiger partial charge in [-0.05, 0) is 12.2 Å². The highest BCUT2D eigenvalue weighted by Crippen LogP contribution is 2.16. The third-order valence-electron chi connectivity index (χ3n) is 1.62. The molecule has 0 aliphatic rings. The first-order chi connectivity index (χ1) is 8.70. The van der Waals surface area contributed by atoms with Gasteiger partial charge in [0.1, 0.15) is 7.11 Å². The topological polar surface area (TPSA) is 95.5 Å². The highest BCUT2D eigenvalue weighted by atomic mass is 32.1. The lowest BCUT2D eigenvalue weighted by Crippen LogP contribution is -2.21. The lowest BCUT2D eigenvalue weighted by atomic mass is 10.4. The van der Waals surface area contributed by atoms with Crippen molar-refractivity contribution in [1.82, 2.24) is 14.3 Å². The van der Waals surface area contributed by atoms with Crippen LogP contribution in [0.4, 0.5) is 5.13 Å². The highest BCUT2D eigenvalue weighted by molar-refractivity contribution is 7.81. The fourth-order valence-electron chi connectivity index (χ4n) is 0.980. The number of aromatic nitrogens is 3. The van der Waals surface area contributed by atoms with Gasteiger partial charge in [-0.25, -0.2) is 4.98 Å². The van der Waals surface area contributed by atoms with Gasteiger partial charge in [-0.1, -0.05) is 16.5 Å². The van der Waals surface area contributed by atoms with E-state index < -0.39 is 0 Å². The van der Waals surface area contributed by atoms with E-state index in [-0.39, 0.29) is 16.6 Å². The number of rotatable bonds is 4. The van der Waals surface area contributed by atoms with Gasteiger partial charge < -0.3 is 15.3 Å². The molecular weight excluding hydrogens is 294 g/mol. The molecule has 7 nitrogen and oxygen atoms in total. The molecule has 10 heteroatoms. The van der Waals surface area contributed by atoms with E-state index in [2.05, 4.69) is 19.5 Å². The molecule has 0 atom stereocenters. The SMILES string of the molecule is CON=C(C(=S)Oc1nccs1)c1nsc(N)n1. The minimum atomic E-state index is 0.0737. The number of oxime groups is 1. The van der Waals surface area contributed by atoms with Crippen molar-refractivity contribution in [1.29, 1.82) is 0 Å². The molecule has 0 aliphatic carbocycles. The van der Waals surface area contributed by atoms with Crippen molar-refractivity contribution >= 4 is 51.0 Å². The van der Waals surface area contributed by atoms with Gasteiger partial charge in [0, 0.05) is 23.1 Å². The first-order valence-corrected chi connectivity index (χ1v) is 6.59. The number of hydrogen-bond acceptors (Lipinski definition) is 10. The lowest BCUT2D eigenvalue weighted by molar-refractivity contribution is 0.214. The molecule has 0 amide bonds. The molecule has 2 aromatic heterocycles. The van der Waals surface area contributed by atoms with Crippen LogP contribution in [-0.2, 0) is 4.84 Å². The van der Waals surface area contributed by atoms with Crippen LogP contribution in [0.5, 0.6) is 5.19 Å². The summed E-state index contributed by atoms with van der Waals surface area (Å²) in [7, 11) is 1.39. The molecule has 0 saturated heterocycles. The van der Waals surface area contributed by atoms with E-state index in [4.69, 9.17) is 27.5 Å². The number of nitrogens with two attached hydrogens (primary N) is 1. The van der Waals surface area contributed by atoms with Gasteiger partial charge in [-0.15, -0.1) is 0 Å². The highest BCUT2D eigenvalue weighted by Gasteiger charge is 2.19. The Morgan fingerprint density at radius 3 is 2.94 bits per heavy atom.